The van der Waals surface area contributed by atoms with Gasteiger partial charge in [0.2, 0.25) is 8.07 Å². The fourth-order valence-electron chi connectivity index (χ4n) is 5.32. The molecular formula is C26H17N5Si. The minimum Gasteiger partial charge on any atom is -0.303 e. The molecule has 0 amide bonds. The van der Waals surface area contributed by atoms with E-state index in [0.717, 1.165) is 33.1 Å². The second-order valence-corrected chi connectivity index (χ2v) is 11.7. The van der Waals surface area contributed by atoms with Gasteiger partial charge in [0.15, 0.2) is 0 Å². The zero-order valence-corrected chi connectivity index (χ0v) is 18.1. The summed E-state index contributed by atoms with van der Waals surface area (Å²) < 4.78 is 2.26. The minimum absolute atomic E-state index is 0.907. The van der Waals surface area contributed by atoms with Gasteiger partial charge in [-0.05, 0) is 33.8 Å². The number of fused-ring (bicyclic) bond motifs is 5. The van der Waals surface area contributed by atoms with Crippen LogP contribution in [0.3, 0.4) is 0 Å². The van der Waals surface area contributed by atoms with Gasteiger partial charge < -0.3 is 4.57 Å². The molecule has 0 saturated carbocycles. The van der Waals surface area contributed by atoms with Gasteiger partial charge in [0, 0.05) is 12.4 Å². The average molecular weight is 428 g/mol. The summed E-state index contributed by atoms with van der Waals surface area (Å²) in [6.07, 6.45) is 7.38. The van der Waals surface area contributed by atoms with Crippen molar-refractivity contribution in [3.63, 3.8) is 0 Å². The number of hydrogen-bond acceptors (Lipinski definition) is 4. The van der Waals surface area contributed by atoms with E-state index in [0.29, 0.717) is 0 Å². The van der Waals surface area contributed by atoms with E-state index < -0.39 is 8.07 Å². The molecule has 0 atom stereocenters. The van der Waals surface area contributed by atoms with Crippen molar-refractivity contribution in [2.45, 2.75) is 0 Å². The highest BCUT2D eigenvalue weighted by Crippen LogP contribution is 2.31. The average Bonchev–Trinajstić information content (AvgIpc) is 3.22. The molecule has 32 heavy (non-hydrogen) atoms. The number of benzene rings is 2. The van der Waals surface area contributed by atoms with Crippen molar-refractivity contribution < 1.29 is 0 Å². The zero-order valence-electron chi connectivity index (χ0n) is 17.1. The first-order valence-electron chi connectivity index (χ1n) is 10.6. The highest BCUT2D eigenvalue weighted by molar-refractivity contribution is 7.21. The van der Waals surface area contributed by atoms with Crippen LogP contribution < -0.4 is 20.9 Å². The molecule has 4 aromatic heterocycles. The number of hydrogen-bond donors (Lipinski definition) is 0. The fourth-order valence-corrected chi connectivity index (χ4v) is 10.2. The molecule has 6 aromatic rings. The van der Waals surface area contributed by atoms with Gasteiger partial charge in [-0.2, -0.15) is 0 Å². The third-order valence-electron chi connectivity index (χ3n) is 6.51. The van der Waals surface area contributed by atoms with Crippen LogP contribution >= 0.6 is 0 Å². The van der Waals surface area contributed by atoms with Crippen molar-refractivity contribution in [2.75, 3.05) is 0 Å². The van der Waals surface area contributed by atoms with Gasteiger partial charge in [0.25, 0.3) is 0 Å². The summed E-state index contributed by atoms with van der Waals surface area (Å²) >= 11 is 0. The number of nitrogens with zero attached hydrogens (tertiary/aromatic N) is 5. The van der Waals surface area contributed by atoms with Crippen molar-refractivity contribution in [3.05, 3.63) is 104 Å². The maximum absolute atomic E-state index is 4.99. The second kappa shape index (κ2) is 6.42. The molecule has 0 aliphatic carbocycles. The first-order chi connectivity index (χ1) is 15.9. The van der Waals surface area contributed by atoms with Crippen LogP contribution in [-0.2, 0) is 0 Å². The normalized spacial score (nSPS) is 13.9. The Morgan fingerprint density at radius 1 is 0.656 bits per heavy atom. The third kappa shape index (κ3) is 2.07. The van der Waals surface area contributed by atoms with Crippen molar-refractivity contribution in [3.8, 4) is 5.69 Å². The smallest absolute Gasteiger partial charge is 0.207 e. The van der Waals surface area contributed by atoms with Crippen LogP contribution in [0.2, 0.25) is 0 Å². The van der Waals surface area contributed by atoms with Gasteiger partial charge >= 0.3 is 0 Å². The Kier molecular flexibility index (Phi) is 3.51. The summed E-state index contributed by atoms with van der Waals surface area (Å²) in [5.41, 5.74) is 4.99. The van der Waals surface area contributed by atoms with Crippen molar-refractivity contribution >= 4 is 51.0 Å². The molecule has 0 N–H and O–H groups in total. The van der Waals surface area contributed by atoms with E-state index in [1.165, 1.54) is 15.6 Å². The van der Waals surface area contributed by atoms with Gasteiger partial charge in [0.05, 0.1) is 28.2 Å². The lowest BCUT2D eigenvalue weighted by atomic mass is 10.3. The fraction of sp³-hybridized carbons (Fsp3) is 0. The summed E-state index contributed by atoms with van der Waals surface area (Å²) in [4.78, 5) is 18.9. The summed E-state index contributed by atoms with van der Waals surface area (Å²) in [7, 11) is -2.71. The quantitative estimate of drug-likeness (QED) is 0.396. The molecule has 0 bridgehead atoms. The molecule has 0 radical (unpaired) electrons. The van der Waals surface area contributed by atoms with E-state index in [1.54, 1.807) is 6.33 Å². The van der Waals surface area contributed by atoms with Gasteiger partial charge in [-0.3, -0.25) is 9.97 Å². The molecule has 1 aliphatic heterocycles. The molecular weight excluding hydrogens is 410 g/mol. The van der Waals surface area contributed by atoms with Crippen LogP contribution in [0.4, 0.5) is 0 Å². The predicted octanol–water partition coefficient (Wildman–Crippen LogP) is 2.05. The summed E-state index contributed by atoms with van der Waals surface area (Å²) in [5.74, 6) is 0. The summed E-state index contributed by atoms with van der Waals surface area (Å²) in [5, 5.41) is 4.96. The maximum atomic E-state index is 4.99. The molecule has 0 fully saturated rings. The third-order valence-corrected chi connectivity index (χ3v) is 11.2. The van der Waals surface area contributed by atoms with Gasteiger partial charge in [-0.25, -0.2) is 9.97 Å². The van der Waals surface area contributed by atoms with E-state index >= 15 is 0 Å². The Hall–Kier alpha value is -4.16. The lowest BCUT2D eigenvalue weighted by molar-refractivity contribution is 1.09. The molecule has 6 heteroatoms. The minimum atomic E-state index is -2.71. The van der Waals surface area contributed by atoms with Crippen LogP contribution in [0.1, 0.15) is 0 Å². The highest BCUT2D eigenvalue weighted by Gasteiger charge is 2.49. The molecule has 0 spiro atoms. The standard InChI is InChI=1S/C26H17N5Si/c1-3-8-18(9-4-1)32(19-10-5-2-6-11-19)22-13-15-29-24-23-20(12-7-14-28-23)31(25(22)24)21-16-27-17-30-26(21)32/h1-17H. The van der Waals surface area contributed by atoms with E-state index in [9.17, 15) is 0 Å². The molecule has 2 aromatic carbocycles. The maximum Gasteiger partial charge on any atom is 0.207 e. The molecule has 5 nitrogen and oxygen atoms in total. The SMILES string of the molecule is c1ccc([Si]2(c3ccccc3)c3ncncc3-n3c4cccnc4c4nccc2c43)cc1. The molecule has 5 heterocycles. The lowest BCUT2D eigenvalue weighted by Crippen LogP contribution is -2.77. The Bertz CT molecular complexity index is 1590. The van der Waals surface area contributed by atoms with E-state index in [1.807, 2.05) is 24.7 Å². The first-order valence-corrected chi connectivity index (χ1v) is 12.6. The summed E-state index contributed by atoms with van der Waals surface area (Å²) in [6.45, 7) is 0. The van der Waals surface area contributed by atoms with E-state index in [4.69, 9.17) is 15.0 Å². The number of pyridine rings is 2. The number of rotatable bonds is 2. The van der Waals surface area contributed by atoms with E-state index in [-0.39, 0.29) is 0 Å². The van der Waals surface area contributed by atoms with Gasteiger partial charge in [0.1, 0.15) is 17.4 Å². The molecule has 150 valence electrons. The monoisotopic (exact) mass is 427 g/mol. The van der Waals surface area contributed by atoms with Gasteiger partial charge in [-0.1, -0.05) is 60.7 Å². The molecule has 7 rings (SSSR count). The van der Waals surface area contributed by atoms with E-state index in [2.05, 4.69) is 82.3 Å². The molecule has 0 unspecified atom stereocenters. The topological polar surface area (TPSA) is 56.5 Å². The van der Waals surface area contributed by atoms with Crippen molar-refractivity contribution in [1.29, 1.82) is 0 Å². The predicted molar refractivity (Wildman–Crippen MR) is 129 cm³/mol. The highest BCUT2D eigenvalue weighted by atomic mass is 28.3. The summed E-state index contributed by atoms with van der Waals surface area (Å²) in [6, 6.07) is 27.9. The van der Waals surface area contributed by atoms with Crippen LogP contribution in [0.5, 0.6) is 0 Å². The molecule has 1 aliphatic rings. The Morgan fingerprint density at radius 3 is 2.12 bits per heavy atom. The van der Waals surface area contributed by atoms with Crippen LogP contribution in [0.15, 0.2) is 104 Å². The van der Waals surface area contributed by atoms with Crippen LogP contribution in [0.25, 0.3) is 27.8 Å². The number of aromatic nitrogens is 5. The second-order valence-electron chi connectivity index (χ2n) is 8.00. The van der Waals surface area contributed by atoms with Crippen molar-refractivity contribution in [2.24, 2.45) is 0 Å². The zero-order chi connectivity index (χ0) is 21.1. The first kappa shape index (κ1) is 17.5. The largest absolute Gasteiger partial charge is 0.303 e. The Morgan fingerprint density at radius 2 is 1.38 bits per heavy atom. The lowest BCUT2D eigenvalue weighted by Gasteiger charge is -2.37. The van der Waals surface area contributed by atoms with Crippen LogP contribution in [0, 0.1) is 0 Å². The van der Waals surface area contributed by atoms with Crippen LogP contribution in [-0.4, -0.2) is 32.6 Å². The molecule has 0 saturated heterocycles. The van der Waals surface area contributed by atoms with Crippen molar-refractivity contribution in [1.82, 2.24) is 24.5 Å². The van der Waals surface area contributed by atoms with Gasteiger partial charge in [-0.15, -0.1) is 0 Å². The Balaban J connectivity index is 1.79. The Labute approximate surface area is 185 Å².